The van der Waals surface area contributed by atoms with Crippen LogP contribution < -0.4 is 5.32 Å². The Morgan fingerprint density at radius 2 is 2.11 bits per heavy atom. The van der Waals surface area contributed by atoms with Crippen molar-refractivity contribution >= 4 is 35.1 Å². The number of hydrogen-bond acceptors (Lipinski definition) is 3. The normalized spacial score (nSPS) is 14.0. The first kappa shape index (κ1) is 14.8. The quantitative estimate of drug-likeness (QED) is 0.657. The van der Waals surface area contributed by atoms with E-state index in [1.54, 1.807) is 0 Å². The van der Waals surface area contributed by atoms with Crippen LogP contribution in [0.15, 0.2) is 6.07 Å². The maximum absolute atomic E-state index is 11.6. The van der Waals surface area contributed by atoms with Crippen LogP contribution in [0.25, 0.3) is 0 Å². The van der Waals surface area contributed by atoms with Crippen LogP contribution in [0.1, 0.15) is 23.8 Å². The zero-order chi connectivity index (χ0) is 13.9. The van der Waals surface area contributed by atoms with Crippen LogP contribution in [0.5, 0.6) is 0 Å². The molecular weight excluding hydrogens is 283 g/mol. The van der Waals surface area contributed by atoms with Gasteiger partial charge in [0.25, 0.3) is 5.91 Å². The summed E-state index contributed by atoms with van der Waals surface area (Å²) < 4.78 is 0. The predicted octanol–water partition coefficient (Wildman–Crippen LogP) is 1.28. The standard InChI is InChI=1S/C10H12Cl2N2O4/c1-10(18,3-7(15)16)4-13-9(17)6-2-5(11)8(12)14-6/h2,14,18H,3-4H2,1H3,(H,13,17)(H,15,16). The van der Waals surface area contributed by atoms with Crippen molar-refractivity contribution in [3.8, 4) is 0 Å². The molecule has 0 saturated carbocycles. The van der Waals surface area contributed by atoms with E-state index in [4.69, 9.17) is 28.3 Å². The van der Waals surface area contributed by atoms with Gasteiger partial charge in [0.05, 0.1) is 17.0 Å². The summed E-state index contributed by atoms with van der Waals surface area (Å²) in [6.45, 7) is 1.11. The van der Waals surface area contributed by atoms with Gasteiger partial charge in [-0.3, -0.25) is 9.59 Å². The molecule has 1 heterocycles. The number of carbonyl (C=O) groups excluding carboxylic acids is 1. The molecule has 1 amide bonds. The molecule has 6 nitrogen and oxygen atoms in total. The molecule has 1 atom stereocenters. The Balaban J connectivity index is 2.58. The third-order valence-corrected chi connectivity index (χ3v) is 2.82. The van der Waals surface area contributed by atoms with Crippen LogP contribution in [0, 0.1) is 0 Å². The molecule has 0 saturated heterocycles. The van der Waals surface area contributed by atoms with Gasteiger partial charge in [-0.15, -0.1) is 0 Å². The molecule has 1 aromatic rings. The first-order valence-electron chi connectivity index (χ1n) is 4.97. The van der Waals surface area contributed by atoms with Crippen molar-refractivity contribution in [1.82, 2.24) is 10.3 Å². The lowest BCUT2D eigenvalue weighted by Crippen LogP contribution is -2.42. The summed E-state index contributed by atoms with van der Waals surface area (Å²) in [5, 5.41) is 21.0. The molecule has 0 aliphatic carbocycles. The Morgan fingerprint density at radius 3 is 2.56 bits per heavy atom. The number of hydrogen-bond donors (Lipinski definition) is 4. The number of aromatic nitrogens is 1. The predicted molar refractivity (Wildman–Crippen MR) is 66.0 cm³/mol. The highest BCUT2D eigenvalue weighted by Crippen LogP contribution is 2.21. The third-order valence-electron chi connectivity index (χ3n) is 2.13. The number of carboxylic acid groups (broad SMARTS) is 1. The topological polar surface area (TPSA) is 102 Å². The summed E-state index contributed by atoms with van der Waals surface area (Å²) in [4.78, 5) is 24.6. The van der Waals surface area contributed by atoms with Crippen molar-refractivity contribution in [2.24, 2.45) is 0 Å². The van der Waals surface area contributed by atoms with Gasteiger partial charge in [0, 0.05) is 6.54 Å². The Hall–Kier alpha value is -1.24. The minimum Gasteiger partial charge on any atom is -0.481 e. The van der Waals surface area contributed by atoms with Crippen molar-refractivity contribution in [3.05, 3.63) is 21.9 Å². The van der Waals surface area contributed by atoms with E-state index in [1.165, 1.54) is 13.0 Å². The third kappa shape index (κ3) is 4.21. The number of aliphatic carboxylic acids is 1. The lowest BCUT2D eigenvalue weighted by molar-refractivity contribution is -0.141. The molecule has 0 spiro atoms. The Morgan fingerprint density at radius 1 is 1.50 bits per heavy atom. The average Bonchev–Trinajstić information content (AvgIpc) is 2.54. The SMILES string of the molecule is CC(O)(CNC(=O)c1cc(Cl)c(Cl)[nH]1)CC(=O)O. The van der Waals surface area contributed by atoms with E-state index in [1.807, 2.05) is 0 Å². The summed E-state index contributed by atoms with van der Waals surface area (Å²) in [6, 6.07) is 1.34. The van der Waals surface area contributed by atoms with Crippen LogP contribution in [0.4, 0.5) is 0 Å². The highest BCUT2D eigenvalue weighted by molar-refractivity contribution is 6.41. The average molecular weight is 295 g/mol. The number of nitrogens with one attached hydrogen (secondary N) is 2. The van der Waals surface area contributed by atoms with Gasteiger partial charge in [0.1, 0.15) is 10.8 Å². The van der Waals surface area contributed by atoms with Gasteiger partial charge in [-0.1, -0.05) is 23.2 Å². The van der Waals surface area contributed by atoms with Gasteiger partial charge in [0.2, 0.25) is 0 Å². The molecule has 0 aliphatic rings. The lowest BCUT2D eigenvalue weighted by Gasteiger charge is -2.21. The van der Waals surface area contributed by atoms with Gasteiger partial charge in [0.15, 0.2) is 0 Å². The fourth-order valence-electron chi connectivity index (χ4n) is 1.28. The summed E-state index contributed by atoms with van der Waals surface area (Å²) in [7, 11) is 0. The molecule has 1 unspecified atom stereocenters. The van der Waals surface area contributed by atoms with E-state index >= 15 is 0 Å². The Kier molecular flexibility index (Phi) is 4.61. The number of carbonyl (C=O) groups is 2. The number of halogens is 2. The molecule has 1 rings (SSSR count). The maximum atomic E-state index is 11.6. The van der Waals surface area contributed by atoms with Crippen molar-refractivity contribution in [1.29, 1.82) is 0 Å². The number of aliphatic hydroxyl groups is 1. The second-order valence-electron chi connectivity index (χ2n) is 4.10. The largest absolute Gasteiger partial charge is 0.481 e. The molecule has 0 aliphatic heterocycles. The Labute approximate surface area is 113 Å². The molecule has 0 radical (unpaired) electrons. The molecule has 4 N–H and O–H groups in total. The van der Waals surface area contributed by atoms with Crippen molar-refractivity contribution in [3.63, 3.8) is 0 Å². The van der Waals surface area contributed by atoms with E-state index in [0.717, 1.165) is 0 Å². The fourth-order valence-corrected chi connectivity index (χ4v) is 1.59. The first-order chi connectivity index (χ1) is 8.21. The zero-order valence-electron chi connectivity index (χ0n) is 9.46. The minimum absolute atomic E-state index is 0.135. The van der Waals surface area contributed by atoms with E-state index < -0.39 is 23.9 Å². The van der Waals surface area contributed by atoms with Crippen molar-refractivity contribution in [2.75, 3.05) is 6.54 Å². The van der Waals surface area contributed by atoms with Gasteiger partial charge in [-0.2, -0.15) is 0 Å². The second-order valence-corrected chi connectivity index (χ2v) is 4.88. The van der Waals surface area contributed by atoms with Crippen LogP contribution in [-0.2, 0) is 4.79 Å². The molecule has 0 bridgehead atoms. The molecular formula is C10H12Cl2N2O4. The molecule has 100 valence electrons. The van der Waals surface area contributed by atoms with Crippen LogP contribution >= 0.6 is 23.2 Å². The number of aromatic amines is 1. The maximum Gasteiger partial charge on any atom is 0.306 e. The van der Waals surface area contributed by atoms with Crippen molar-refractivity contribution < 1.29 is 19.8 Å². The minimum atomic E-state index is -1.53. The van der Waals surface area contributed by atoms with E-state index in [-0.39, 0.29) is 22.4 Å². The second kappa shape index (κ2) is 5.60. The van der Waals surface area contributed by atoms with E-state index in [0.29, 0.717) is 0 Å². The summed E-state index contributed by atoms with van der Waals surface area (Å²) in [5.74, 6) is -1.69. The van der Waals surface area contributed by atoms with Gasteiger partial charge in [-0.05, 0) is 13.0 Å². The summed E-state index contributed by atoms with van der Waals surface area (Å²) in [6.07, 6.45) is -0.473. The smallest absolute Gasteiger partial charge is 0.306 e. The monoisotopic (exact) mass is 294 g/mol. The summed E-state index contributed by atoms with van der Waals surface area (Å²) in [5.41, 5.74) is -1.39. The lowest BCUT2D eigenvalue weighted by atomic mass is 10.0. The molecule has 8 heteroatoms. The number of H-pyrrole nitrogens is 1. The highest BCUT2D eigenvalue weighted by atomic mass is 35.5. The molecule has 0 aromatic carbocycles. The molecule has 18 heavy (non-hydrogen) atoms. The van der Waals surface area contributed by atoms with Crippen LogP contribution in [0.2, 0.25) is 10.2 Å². The van der Waals surface area contributed by atoms with Gasteiger partial charge in [-0.25, -0.2) is 0 Å². The number of amides is 1. The van der Waals surface area contributed by atoms with Crippen LogP contribution in [-0.4, -0.2) is 39.2 Å². The number of rotatable bonds is 5. The highest BCUT2D eigenvalue weighted by Gasteiger charge is 2.25. The fraction of sp³-hybridized carbons (Fsp3) is 0.400. The summed E-state index contributed by atoms with van der Waals surface area (Å²) >= 11 is 11.3. The van der Waals surface area contributed by atoms with Crippen LogP contribution in [0.3, 0.4) is 0 Å². The van der Waals surface area contributed by atoms with Gasteiger partial charge >= 0.3 is 5.97 Å². The van der Waals surface area contributed by atoms with Crippen molar-refractivity contribution in [2.45, 2.75) is 18.9 Å². The number of carboxylic acids is 1. The molecule has 0 fully saturated rings. The molecule has 1 aromatic heterocycles. The zero-order valence-corrected chi connectivity index (χ0v) is 11.0. The van der Waals surface area contributed by atoms with E-state index in [9.17, 15) is 14.7 Å². The van der Waals surface area contributed by atoms with Gasteiger partial charge < -0.3 is 20.5 Å². The first-order valence-corrected chi connectivity index (χ1v) is 5.73. The van der Waals surface area contributed by atoms with E-state index in [2.05, 4.69) is 10.3 Å². The Bertz CT molecular complexity index is 451.